The van der Waals surface area contributed by atoms with E-state index in [2.05, 4.69) is 21.9 Å². The van der Waals surface area contributed by atoms with Gasteiger partial charge in [0.15, 0.2) is 0 Å². The molecule has 0 aliphatic heterocycles. The first kappa shape index (κ1) is 21.1. The lowest BCUT2D eigenvalue weighted by atomic mass is 10.2. The molecule has 2 aromatic carbocycles. The summed E-state index contributed by atoms with van der Waals surface area (Å²) in [6.45, 7) is -0.942. The molecule has 0 atom stereocenters. The highest BCUT2D eigenvalue weighted by molar-refractivity contribution is 5.90. The minimum absolute atomic E-state index is 0.168. The molecule has 1 heterocycles. The van der Waals surface area contributed by atoms with Gasteiger partial charge in [0.05, 0.1) is 37.7 Å². The van der Waals surface area contributed by atoms with Crippen LogP contribution in [0.2, 0.25) is 0 Å². The molecule has 0 spiro atoms. The number of esters is 1. The summed E-state index contributed by atoms with van der Waals surface area (Å²) >= 11 is 0. The van der Waals surface area contributed by atoms with Crippen molar-refractivity contribution in [1.82, 2.24) is 4.57 Å². The molecule has 0 amide bonds. The molecule has 0 bridgehead atoms. The fourth-order valence-corrected chi connectivity index (χ4v) is 3.02. The fourth-order valence-electron chi connectivity index (χ4n) is 3.02. The Hall–Kier alpha value is -3.60. The van der Waals surface area contributed by atoms with E-state index in [0.717, 1.165) is 4.57 Å². The second-order valence-electron chi connectivity index (χ2n) is 6.35. The number of nitrogens with one attached hydrogen (secondary N) is 1. The Labute approximate surface area is 171 Å². The number of anilines is 1. The lowest BCUT2D eigenvalue weighted by molar-refractivity contribution is -0.140. The third-order valence-corrected chi connectivity index (χ3v) is 4.35. The monoisotopic (exact) mass is 416 g/mol. The topological polar surface area (TPSA) is 52.5 Å². The summed E-state index contributed by atoms with van der Waals surface area (Å²) < 4.78 is 50.1. The quantitative estimate of drug-likeness (QED) is 0.493. The molecule has 0 radical (unpaired) electrons. The summed E-state index contributed by atoms with van der Waals surface area (Å²) in [5.41, 5.74) is 1.69. The number of hydrogen-bond donors (Lipinski definition) is 1. The SMILES string of the molecule is COC(=O)c1ccc(NCC#Cc2cc3ccccc3n2CC(F)(F)F)c(OC)c1. The van der Waals surface area contributed by atoms with Crippen molar-refractivity contribution in [3.8, 4) is 17.6 Å². The molecule has 1 aromatic heterocycles. The van der Waals surface area contributed by atoms with Crippen LogP contribution in [0.4, 0.5) is 18.9 Å². The van der Waals surface area contributed by atoms with Crippen molar-refractivity contribution in [2.75, 3.05) is 26.1 Å². The molecule has 0 saturated carbocycles. The molecule has 3 aromatic rings. The van der Waals surface area contributed by atoms with Crippen LogP contribution in [-0.2, 0) is 11.3 Å². The number of aromatic nitrogens is 1. The van der Waals surface area contributed by atoms with Crippen LogP contribution in [0, 0.1) is 11.8 Å². The van der Waals surface area contributed by atoms with Gasteiger partial charge in [-0.25, -0.2) is 4.79 Å². The van der Waals surface area contributed by atoms with Crippen LogP contribution in [0.3, 0.4) is 0 Å². The fraction of sp³-hybridized carbons (Fsp3) is 0.227. The number of ether oxygens (including phenoxy) is 2. The van der Waals surface area contributed by atoms with E-state index in [0.29, 0.717) is 27.9 Å². The molecule has 0 unspecified atom stereocenters. The number of hydrogen-bond acceptors (Lipinski definition) is 4. The third-order valence-electron chi connectivity index (χ3n) is 4.35. The molecule has 1 N–H and O–H groups in total. The summed E-state index contributed by atoms with van der Waals surface area (Å²) in [7, 11) is 2.75. The Bertz CT molecular complexity index is 1120. The molecular formula is C22H19F3N2O3. The van der Waals surface area contributed by atoms with E-state index >= 15 is 0 Å². The Morgan fingerprint density at radius 3 is 2.60 bits per heavy atom. The number of carbonyl (C=O) groups excluding carboxylic acids is 1. The van der Waals surface area contributed by atoms with Gasteiger partial charge in [-0.15, -0.1) is 0 Å². The standard InChI is InChI=1S/C22H19F3N2O3/c1-29-20-13-16(21(28)30-2)9-10-18(20)26-11-5-7-17-12-15-6-3-4-8-19(15)27(17)14-22(23,24)25/h3-4,6,8-10,12-13,26H,11,14H2,1-2H3. The number of fused-ring (bicyclic) bond motifs is 1. The van der Waals surface area contributed by atoms with Crippen molar-refractivity contribution < 1.29 is 27.4 Å². The van der Waals surface area contributed by atoms with Crippen LogP contribution in [0.5, 0.6) is 5.75 Å². The number of para-hydroxylation sites is 1. The zero-order valence-electron chi connectivity index (χ0n) is 16.3. The van der Waals surface area contributed by atoms with Gasteiger partial charge in [0.1, 0.15) is 12.3 Å². The lowest BCUT2D eigenvalue weighted by Crippen LogP contribution is -2.18. The average molecular weight is 416 g/mol. The highest BCUT2D eigenvalue weighted by atomic mass is 19.4. The zero-order chi connectivity index (χ0) is 21.7. The van der Waals surface area contributed by atoms with E-state index in [9.17, 15) is 18.0 Å². The number of carbonyl (C=O) groups is 1. The minimum atomic E-state index is -4.36. The number of methoxy groups -OCH3 is 2. The largest absolute Gasteiger partial charge is 0.495 e. The number of benzene rings is 2. The van der Waals surface area contributed by atoms with Crippen LogP contribution in [-0.4, -0.2) is 37.5 Å². The molecule has 0 fully saturated rings. The summed E-state index contributed by atoms with van der Waals surface area (Å²) in [5.74, 6) is 5.58. The Morgan fingerprint density at radius 1 is 1.13 bits per heavy atom. The van der Waals surface area contributed by atoms with Crippen LogP contribution in [0.15, 0.2) is 48.5 Å². The van der Waals surface area contributed by atoms with Gasteiger partial charge in [0.2, 0.25) is 0 Å². The van der Waals surface area contributed by atoms with E-state index in [1.165, 1.54) is 20.3 Å². The maximum absolute atomic E-state index is 13.0. The van der Waals surface area contributed by atoms with Gasteiger partial charge >= 0.3 is 12.1 Å². The molecule has 0 aliphatic rings. The normalized spacial score (nSPS) is 11.0. The van der Waals surface area contributed by atoms with Gasteiger partial charge in [-0.2, -0.15) is 13.2 Å². The van der Waals surface area contributed by atoms with Crippen molar-refractivity contribution in [2.45, 2.75) is 12.7 Å². The molecule has 5 nitrogen and oxygen atoms in total. The Kier molecular flexibility index (Phi) is 6.21. The first-order valence-corrected chi connectivity index (χ1v) is 8.96. The van der Waals surface area contributed by atoms with Crippen molar-refractivity contribution in [2.24, 2.45) is 0 Å². The van der Waals surface area contributed by atoms with Crippen LogP contribution in [0.25, 0.3) is 10.9 Å². The van der Waals surface area contributed by atoms with Crippen molar-refractivity contribution in [1.29, 1.82) is 0 Å². The summed E-state index contributed by atoms with van der Waals surface area (Å²) in [6, 6.07) is 13.2. The Balaban J connectivity index is 1.80. The minimum Gasteiger partial charge on any atom is -0.495 e. The third kappa shape index (κ3) is 4.87. The first-order valence-electron chi connectivity index (χ1n) is 8.96. The predicted octanol–water partition coefficient (Wildman–Crippen LogP) is 4.46. The second-order valence-corrected chi connectivity index (χ2v) is 6.35. The molecule has 0 aliphatic carbocycles. The summed E-state index contributed by atoms with van der Waals surface area (Å²) in [4.78, 5) is 11.6. The zero-order valence-corrected chi connectivity index (χ0v) is 16.3. The van der Waals surface area contributed by atoms with E-state index in [4.69, 9.17) is 4.74 Å². The number of halogens is 3. The molecule has 156 valence electrons. The van der Waals surface area contributed by atoms with Gasteiger partial charge in [0.25, 0.3) is 0 Å². The van der Waals surface area contributed by atoms with Gasteiger partial charge in [-0.05, 0) is 36.3 Å². The van der Waals surface area contributed by atoms with Gasteiger partial charge < -0.3 is 19.4 Å². The molecule has 30 heavy (non-hydrogen) atoms. The first-order chi connectivity index (χ1) is 14.3. The highest BCUT2D eigenvalue weighted by Crippen LogP contribution is 2.26. The van der Waals surface area contributed by atoms with E-state index < -0.39 is 18.7 Å². The summed E-state index contributed by atoms with van der Waals surface area (Å²) in [5, 5.41) is 3.73. The van der Waals surface area contributed by atoms with Crippen LogP contribution >= 0.6 is 0 Å². The highest BCUT2D eigenvalue weighted by Gasteiger charge is 2.29. The van der Waals surface area contributed by atoms with Crippen molar-refractivity contribution in [3.05, 3.63) is 59.8 Å². The molecule has 3 rings (SSSR count). The average Bonchev–Trinajstić information content (AvgIpc) is 3.06. The predicted molar refractivity (Wildman–Crippen MR) is 108 cm³/mol. The molecule has 0 saturated heterocycles. The number of rotatable bonds is 5. The van der Waals surface area contributed by atoms with Crippen molar-refractivity contribution in [3.63, 3.8) is 0 Å². The van der Waals surface area contributed by atoms with Gasteiger partial charge in [0, 0.05) is 10.9 Å². The maximum Gasteiger partial charge on any atom is 0.406 e. The second kappa shape index (κ2) is 8.82. The van der Waals surface area contributed by atoms with E-state index in [1.54, 1.807) is 42.5 Å². The van der Waals surface area contributed by atoms with E-state index in [-0.39, 0.29) is 12.2 Å². The number of nitrogens with zero attached hydrogens (tertiary/aromatic N) is 1. The van der Waals surface area contributed by atoms with E-state index in [1.807, 2.05) is 0 Å². The van der Waals surface area contributed by atoms with Crippen LogP contribution < -0.4 is 10.1 Å². The summed E-state index contributed by atoms with van der Waals surface area (Å²) in [6.07, 6.45) is -4.36. The number of alkyl halides is 3. The molecule has 8 heteroatoms. The maximum atomic E-state index is 13.0. The van der Waals surface area contributed by atoms with Crippen molar-refractivity contribution >= 4 is 22.6 Å². The smallest absolute Gasteiger partial charge is 0.406 e. The Morgan fingerprint density at radius 2 is 1.90 bits per heavy atom. The van der Waals surface area contributed by atoms with Gasteiger partial charge in [-0.3, -0.25) is 0 Å². The van der Waals surface area contributed by atoms with Gasteiger partial charge in [-0.1, -0.05) is 24.1 Å². The van der Waals surface area contributed by atoms with Crippen LogP contribution in [0.1, 0.15) is 16.1 Å². The molecular weight excluding hydrogens is 397 g/mol. The lowest BCUT2D eigenvalue weighted by Gasteiger charge is -2.11.